The van der Waals surface area contributed by atoms with E-state index in [4.69, 9.17) is 11.6 Å². The van der Waals surface area contributed by atoms with Gasteiger partial charge in [-0.25, -0.2) is 8.42 Å². The number of anilines is 1. The van der Waals surface area contributed by atoms with Gasteiger partial charge in [0.15, 0.2) is 0 Å². The predicted molar refractivity (Wildman–Crippen MR) is 133 cm³/mol. The standard InChI is InChI=1S/C24H32ClN3O4S/c1-6-18(3)26-24(30)19(4)27(15-20-11-8-7-10-17(20)2)23(29)16-28(33(5,31)32)22-13-9-12-21(25)14-22/h7-14,18-19H,6,15-16H2,1-5H3,(H,26,30)/t18-,19+/m0/s1. The number of hydrogen-bond donors (Lipinski definition) is 1. The van der Waals surface area contributed by atoms with Crippen LogP contribution in [0, 0.1) is 6.92 Å². The average Bonchev–Trinajstić information content (AvgIpc) is 2.75. The van der Waals surface area contributed by atoms with Gasteiger partial charge in [-0.05, 0) is 56.5 Å². The molecule has 1 N–H and O–H groups in total. The van der Waals surface area contributed by atoms with Crippen LogP contribution in [0.25, 0.3) is 0 Å². The predicted octanol–water partition coefficient (Wildman–Crippen LogP) is 3.75. The SMILES string of the molecule is CC[C@H](C)NC(=O)[C@@H](C)N(Cc1ccccc1C)C(=O)CN(c1cccc(Cl)c1)S(C)(=O)=O. The van der Waals surface area contributed by atoms with Gasteiger partial charge >= 0.3 is 0 Å². The highest BCUT2D eigenvalue weighted by Gasteiger charge is 2.30. The second-order valence-electron chi connectivity index (χ2n) is 8.19. The van der Waals surface area contributed by atoms with Gasteiger partial charge in [0, 0.05) is 17.6 Å². The fourth-order valence-corrected chi connectivity index (χ4v) is 4.29. The van der Waals surface area contributed by atoms with Crippen LogP contribution in [-0.2, 0) is 26.2 Å². The first-order valence-electron chi connectivity index (χ1n) is 10.8. The van der Waals surface area contributed by atoms with E-state index in [2.05, 4.69) is 5.32 Å². The molecule has 7 nitrogen and oxygen atoms in total. The van der Waals surface area contributed by atoms with Crippen LogP contribution in [-0.4, -0.2) is 50.0 Å². The maximum atomic E-state index is 13.5. The quantitative estimate of drug-likeness (QED) is 0.546. The third kappa shape index (κ3) is 7.47. The molecule has 0 aliphatic rings. The first-order chi connectivity index (χ1) is 15.4. The molecule has 2 rings (SSSR count). The zero-order valence-corrected chi connectivity index (χ0v) is 21.3. The number of nitrogens with one attached hydrogen (secondary N) is 1. The number of benzene rings is 2. The van der Waals surface area contributed by atoms with Crippen LogP contribution in [0.4, 0.5) is 5.69 Å². The third-order valence-electron chi connectivity index (χ3n) is 5.55. The summed E-state index contributed by atoms with van der Waals surface area (Å²) in [6, 6.07) is 13.0. The van der Waals surface area contributed by atoms with Crippen molar-refractivity contribution in [2.75, 3.05) is 17.1 Å². The summed E-state index contributed by atoms with van der Waals surface area (Å²) >= 11 is 6.05. The zero-order valence-electron chi connectivity index (χ0n) is 19.7. The van der Waals surface area contributed by atoms with E-state index in [1.54, 1.807) is 25.1 Å². The number of nitrogens with zero attached hydrogens (tertiary/aromatic N) is 2. The van der Waals surface area contributed by atoms with Crippen molar-refractivity contribution < 1.29 is 18.0 Å². The van der Waals surface area contributed by atoms with Crippen molar-refractivity contribution in [1.82, 2.24) is 10.2 Å². The Morgan fingerprint density at radius 1 is 1.09 bits per heavy atom. The summed E-state index contributed by atoms with van der Waals surface area (Å²) in [5, 5.41) is 3.26. The zero-order chi connectivity index (χ0) is 24.8. The van der Waals surface area contributed by atoms with Crippen molar-refractivity contribution in [3.8, 4) is 0 Å². The smallest absolute Gasteiger partial charge is 0.244 e. The van der Waals surface area contributed by atoms with Gasteiger partial charge in [-0.2, -0.15) is 0 Å². The first-order valence-corrected chi connectivity index (χ1v) is 13.0. The highest BCUT2D eigenvalue weighted by molar-refractivity contribution is 7.92. The molecule has 0 heterocycles. The summed E-state index contributed by atoms with van der Waals surface area (Å²) in [6.45, 7) is 7.15. The summed E-state index contributed by atoms with van der Waals surface area (Å²) in [5.74, 6) is -0.782. The Balaban J connectivity index is 2.40. The van der Waals surface area contributed by atoms with Crippen molar-refractivity contribution in [3.05, 3.63) is 64.7 Å². The van der Waals surface area contributed by atoms with Crippen molar-refractivity contribution in [2.24, 2.45) is 0 Å². The van der Waals surface area contributed by atoms with Crippen LogP contribution in [0.5, 0.6) is 0 Å². The number of carbonyl (C=O) groups is 2. The molecule has 0 bridgehead atoms. The Kier molecular flexibility index (Phi) is 9.31. The summed E-state index contributed by atoms with van der Waals surface area (Å²) < 4.78 is 26.1. The molecule has 2 aromatic carbocycles. The number of aryl methyl sites for hydroxylation is 1. The number of amides is 2. The molecule has 180 valence electrons. The average molecular weight is 494 g/mol. The third-order valence-corrected chi connectivity index (χ3v) is 6.92. The molecule has 0 aromatic heterocycles. The molecule has 9 heteroatoms. The molecule has 0 radical (unpaired) electrons. The van der Waals surface area contributed by atoms with Crippen molar-refractivity contribution in [3.63, 3.8) is 0 Å². The normalized spacial score (nSPS) is 13.2. The highest BCUT2D eigenvalue weighted by atomic mass is 35.5. The monoisotopic (exact) mass is 493 g/mol. The molecular formula is C24H32ClN3O4S. The number of carbonyl (C=O) groups excluding carboxylic acids is 2. The van der Waals surface area contributed by atoms with E-state index in [0.717, 1.165) is 28.1 Å². The minimum absolute atomic E-state index is 0.0469. The molecule has 2 aromatic rings. The molecule has 0 aliphatic heterocycles. The second-order valence-corrected chi connectivity index (χ2v) is 10.5. The molecule has 0 saturated carbocycles. The van der Waals surface area contributed by atoms with Crippen molar-refractivity contribution in [1.29, 1.82) is 0 Å². The molecule has 0 unspecified atom stereocenters. The molecule has 0 fully saturated rings. The maximum absolute atomic E-state index is 13.5. The Morgan fingerprint density at radius 3 is 2.33 bits per heavy atom. The van der Waals surface area contributed by atoms with Gasteiger partial charge in [-0.3, -0.25) is 13.9 Å². The van der Waals surface area contributed by atoms with E-state index >= 15 is 0 Å². The fraction of sp³-hybridized carbons (Fsp3) is 0.417. The highest BCUT2D eigenvalue weighted by Crippen LogP contribution is 2.23. The van der Waals surface area contributed by atoms with Crippen molar-refractivity contribution in [2.45, 2.75) is 52.7 Å². The Morgan fingerprint density at radius 2 is 1.76 bits per heavy atom. The van der Waals surface area contributed by atoms with E-state index < -0.39 is 28.5 Å². The van der Waals surface area contributed by atoms with Gasteiger partial charge in [0.1, 0.15) is 12.6 Å². The van der Waals surface area contributed by atoms with Gasteiger partial charge in [-0.15, -0.1) is 0 Å². The Hall–Kier alpha value is -2.58. The summed E-state index contributed by atoms with van der Waals surface area (Å²) in [7, 11) is -3.79. The molecule has 0 aliphatic carbocycles. The van der Waals surface area contributed by atoms with Crippen molar-refractivity contribution >= 4 is 39.1 Å². The van der Waals surface area contributed by atoms with Gasteiger partial charge in [0.05, 0.1) is 11.9 Å². The van der Waals surface area contributed by atoms with E-state index in [9.17, 15) is 18.0 Å². The van der Waals surface area contributed by atoms with Crippen LogP contribution in [0.15, 0.2) is 48.5 Å². The molecule has 0 saturated heterocycles. The largest absolute Gasteiger partial charge is 0.352 e. The number of halogens is 1. The van der Waals surface area contributed by atoms with Gasteiger partial charge < -0.3 is 10.2 Å². The Labute approximate surface area is 201 Å². The van der Waals surface area contributed by atoms with Gasteiger partial charge in [-0.1, -0.05) is 48.9 Å². The van der Waals surface area contributed by atoms with Gasteiger partial charge in [0.2, 0.25) is 21.8 Å². The minimum Gasteiger partial charge on any atom is -0.352 e. The topological polar surface area (TPSA) is 86.8 Å². The van der Waals surface area contributed by atoms with E-state index in [-0.39, 0.29) is 24.2 Å². The summed E-state index contributed by atoms with van der Waals surface area (Å²) in [5.41, 5.74) is 2.13. The molecule has 2 atom stereocenters. The van der Waals surface area contributed by atoms with E-state index in [1.165, 1.54) is 11.0 Å². The number of hydrogen-bond acceptors (Lipinski definition) is 4. The lowest BCUT2D eigenvalue weighted by molar-refractivity contribution is -0.139. The molecular weight excluding hydrogens is 462 g/mol. The number of rotatable bonds is 10. The maximum Gasteiger partial charge on any atom is 0.244 e. The summed E-state index contributed by atoms with van der Waals surface area (Å²) in [4.78, 5) is 27.8. The minimum atomic E-state index is -3.79. The van der Waals surface area contributed by atoms with E-state index in [1.807, 2.05) is 45.0 Å². The molecule has 2 amide bonds. The summed E-state index contributed by atoms with van der Waals surface area (Å²) in [6.07, 6.45) is 1.78. The van der Waals surface area contributed by atoms with Crippen LogP contribution >= 0.6 is 11.6 Å². The second kappa shape index (κ2) is 11.5. The van der Waals surface area contributed by atoms with E-state index in [0.29, 0.717) is 5.02 Å². The molecule has 0 spiro atoms. The van der Waals surface area contributed by atoms with Crippen LogP contribution < -0.4 is 9.62 Å². The lowest BCUT2D eigenvalue weighted by Gasteiger charge is -2.32. The van der Waals surface area contributed by atoms with Crippen LogP contribution in [0.2, 0.25) is 5.02 Å². The lowest BCUT2D eigenvalue weighted by atomic mass is 10.1. The number of sulfonamides is 1. The van der Waals surface area contributed by atoms with Crippen LogP contribution in [0.3, 0.4) is 0 Å². The fourth-order valence-electron chi connectivity index (χ4n) is 3.26. The first kappa shape index (κ1) is 26.7. The Bertz CT molecular complexity index is 1090. The molecule has 33 heavy (non-hydrogen) atoms. The van der Waals surface area contributed by atoms with Crippen LogP contribution in [0.1, 0.15) is 38.3 Å². The van der Waals surface area contributed by atoms with Gasteiger partial charge in [0.25, 0.3) is 0 Å². The lowest BCUT2D eigenvalue weighted by Crippen LogP contribution is -2.52.